The normalized spacial score (nSPS) is 30.5. The molecule has 0 radical (unpaired) electrons. The Morgan fingerprint density at radius 1 is 1.19 bits per heavy atom. The van der Waals surface area contributed by atoms with Gasteiger partial charge in [0.1, 0.15) is 24.2 Å². The Labute approximate surface area is 218 Å². The molecule has 4 rings (SSSR count). The van der Waals surface area contributed by atoms with Crippen LogP contribution in [0.2, 0.25) is 0 Å². The Bertz CT molecular complexity index is 970. The number of likely N-dealkylation sites (tertiary alicyclic amines) is 1. The summed E-state index contributed by atoms with van der Waals surface area (Å²) in [7, 11) is -2.37. The van der Waals surface area contributed by atoms with Crippen LogP contribution in [-0.2, 0) is 24.2 Å². The molecule has 1 aromatic carbocycles. The SMILES string of the molecule is CC(=O)CN1CCCC(N2COC[SH](C)(=O)C2)[C@@H]1CO[C@H]1CC[C@@H](c2cccc(OC(F)(F)F)c2)CC1. The van der Waals surface area contributed by atoms with Gasteiger partial charge in [-0.15, -0.1) is 13.2 Å². The van der Waals surface area contributed by atoms with E-state index in [9.17, 15) is 22.2 Å². The van der Waals surface area contributed by atoms with Gasteiger partial charge in [-0.25, -0.2) is 0 Å². The number of halogens is 3. The second-order valence-electron chi connectivity index (χ2n) is 10.9. The number of nitrogens with zero attached hydrogens (tertiary/aromatic N) is 2. The third kappa shape index (κ3) is 8.23. The van der Waals surface area contributed by atoms with E-state index in [0.29, 0.717) is 31.7 Å². The van der Waals surface area contributed by atoms with Crippen molar-refractivity contribution >= 4 is 15.7 Å². The van der Waals surface area contributed by atoms with E-state index in [-0.39, 0.29) is 35.6 Å². The summed E-state index contributed by atoms with van der Waals surface area (Å²) in [6.45, 7) is 3.71. The zero-order valence-electron chi connectivity index (χ0n) is 21.6. The summed E-state index contributed by atoms with van der Waals surface area (Å²) in [5.41, 5.74) is 0.856. The molecule has 7 nitrogen and oxygen atoms in total. The van der Waals surface area contributed by atoms with E-state index in [1.165, 1.54) is 12.1 Å². The Kier molecular flexibility index (Phi) is 9.32. The second-order valence-corrected chi connectivity index (χ2v) is 14.0. The average Bonchev–Trinajstić information content (AvgIpc) is 2.81. The van der Waals surface area contributed by atoms with Gasteiger partial charge in [-0.3, -0.25) is 18.8 Å². The van der Waals surface area contributed by atoms with E-state index in [1.807, 2.05) is 6.07 Å². The molecule has 3 fully saturated rings. The van der Waals surface area contributed by atoms with Crippen molar-refractivity contribution in [2.75, 3.05) is 44.5 Å². The summed E-state index contributed by atoms with van der Waals surface area (Å²) in [6, 6.07) is 6.38. The summed E-state index contributed by atoms with van der Waals surface area (Å²) < 4.78 is 66.7. The van der Waals surface area contributed by atoms with Gasteiger partial charge >= 0.3 is 6.36 Å². The predicted octanol–water partition coefficient (Wildman–Crippen LogP) is 3.90. The van der Waals surface area contributed by atoms with E-state index >= 15 is 0 Å². The van der Waals surface area contributed by atoms with Gasteiger partial charge < -0.3 is 14.2 Å². The maximum atomic E-state index is 12.8. The van der Waals surface area contributed by atoms with Crippen molar-refractivity contribution in [1.29, 1.82) is 0 Å². The summed E-state index contributed by atoms with van der Waals surface area (Å²) in [6.07, 6.45) is 2.31. The molecule has 1 aliphatic carbocycles. The third-order valence-electron chi connectivity index (χ3n) is 7.60. The number of benzene rings is 1. The van der Waals surface area contributed by atoms with Crippen LogP contribution in [0.3, 0.4) is 0 Å². The zero-order chi connectivity index (χ0) is 26.6. The number of Topliss-reactive ketones (excluding diaryl/α,β-unsaturated/α-hetero) is 1. The molecule has 2 aliphatic heterocycles. The topological polar surface area (TPSA) is 68.3 Å². The minimum absolute atomic E-state index is 0.00766. The fourth-order valence-corrected chi connectivity index (χ4v) is 7.62. The van der Waals surface area contributed by atoms with E-state index in [0.717, 1.165) is 50.6 Å². The lowest BCUT2D eigenvalue weighted by Crippen LogP contribution is -2.61. The van der Waals surface area contributed by atoms with Gasteiger partial charge in [-0.1, -0.05) is 22.1 Å². The maximum absolute atomic E-state index is 12.8. The molecule has 2 heterocycles. The molecule has 0 bridgehead atoms. The highest BCUT2D eigenvalue weighted by Gasteiger charge is 2.39. The Morgan fingerprint density at radius 3 is 2.62 bits per heavy atom. The zero-order valence-corrected chi connectivity index (χ0v) is 22.5. The predicted molar refractivity (Wildman–Crippen MR) is 136 cm³/mol. The van der Waals surface area contributed by atoms with E-state index < -0.39 is 16.3 Å². The van der Waals surface area contributed by atoms with Gasteiger partial charge in [-0.05, 0) is 81.9 Å². The number of rotatable bonds is 8. The van der Waals surface area contributed by atoms with Gasteiger partial charge in [0.05, 0.1) is 25.1 Å². The molecular formula is C26H39F3N2O5S. The number of hydrogen-bond acceptors (Lipinski definition) is 7. The van der Waals surface area contributed by atoms with Gasteiger partial charge in [0.15, 0.2) is 0 Å². The highest BCUT2D eigenvalue weighted by molar-refractivity contribution is 8.02. The van der Waals surface area contributed by atoms with E-state index in [2.05, 4.69) is 14.5 Å². The highest BCUT2D eigenvalue weighted by Crippen LogP contribution is 2.36. The molecule has 0 spiro atoms. The third-order valence-corrected chi connectivity index (χ3v) is 9.29. The monoisotopic (exact) mass is 548 g/mol. The summed E-state index contributed by atoms with van der Waals surface area (Å²) in [5.74, 6) is 0.917. The first-order valence-electron chi connectivity index (χ1n) is 13.1. The molecular weight excluding hydrogens is 509 g/mol. The molecule has 0 aromatic heterocycles. The molecule has 210 valence electrons. The van der Waals surface area contributed by atoms with Crippen LogP contribution in [0.5, 0.6) is 5.75 Å². The molecule has 0 N–H and O–H groups in total. The number of ketones is 1. The lowest BCUT2D eigenvalue weighted by atomic mass is 9.82. The molecule has 1 saturated carbocycles. The van der Waals surface area contributed by atoms with E-state index in [4.69, 9.17) is 9.47 Å². The molecule has 2 atom stereocenters. The van der Waals surface area contributed by atoms with Crippen molar-refractivity contribution in [3.8, 4) is 5.75 Å². The van der Waals surface area contributed by atoms with Gasteiger partial charge in [-0.2, -0.15) is 0 Å². The van der Waals surface area contributed by atoms with Gasteiger partial charge in [0, 0.05) is 12.1 Å². The molecule has 2 saturated heterocycles. The Hall–Kier alpha value is -1.53. The first-order chi connectivity index (χ1) is 17.5. The number of thiol groups is 1. The highest BCUT2D eigenvalue weighted by atomic mass is 32.2. The van der Waals surface area contributed by atoms with E-state index in [1.54, 1.807) is 19.2 Å². The van der Waals surface area contributed by atoms with Crippen molar-refractivity contribution in [1.82, 2.24) is 9.80 Å². The Morgan fingerprint density at radius 2 is 1.95 bits per heavy atom. The number of carbonyl (C=O) groups excluding carboxylic acids is 1. The first-order valence-corrected chi connectivity index (χ1v) is 15.6. The van der Waals surface area contributed by atoms with Crippen LogP contribution in [0, 0.1) is 0 Å². The van der Waals surface area contributed by atoms with Crippen molar-refractivity contribution in [3.05, 3.63) is 29.8 Å². The smallest absolute Gasteiger partial charge is 0.406 e. The Balaban J connectivity index is 1.35. The average molecular weight is 549 g/mol. The molecule has 0 amide bonds. The van der Waals surface area contributed by atoms with Gasteiger partial charge in [0.2, 0.25) is 0 Å². The molecule has 1 aromatic rings. The molecule has 37 heavy (non-hydrogen) atoms. The lowest BCUT2D eigenvalue weighted by Gasteiger charge is -2.48. The lowest BCUT2D eigenvalue weighted by molar-refractivity contribution is -0.274. The van der Waals surface area contributed by atoms with Crippen LogP contribution in [0.4, 0.5) is 13.2 Å². The number of piperidine rings is 1. The quantitative estimate of drug-likeness (QED) is 0.495. The van der Waals surface area contributed by atoms with Crippen molar-refractivity contribution in [2.45, 2.75) is 75.9 Å². The van der Waals surface area contributed by atoms with Crippen LogP contribution in [0.25, 0.3) is 0 Å². The molecule has 3 aliphatic rings. The summed E-state index contributed by atoms with van der Waals surface area (Å²) in [4.78, 5) is 16.3. The van der Waals surface area contributed by atoms with Crippen LogP contribution in [-0.4, -0.2) is 88.8 Å². The van der Waals surface area contributed by atoms with Crippen molar-refractivity contribution in [3.63, 3.8) is 0 Å². The fraction of sp³-hybridized carbons (Fsp3) is 0.731. The minimum atomic E-state index is -4.70. The first kappa shape index (κ1) is 28.5. The van der Waals surface area contributed by atoms with Crippen LogP contribution in [0.1, 0.15) is 56.9 Å². The number of carbonyl (C=O) groups is 1. The number of ether oxygens (including phenoxy) is 3. The van der Waals surface area contributed by atoms with Gasteiger partial charge in [0.25, 0.3) is 0 Å². The summed E-state index contributed by atoms with van der Waals surface area (Å²) >= 11 is 0. The van der Waals surface area contributed by atoms with Crippen LogP contribution >= 0.6 is 0 Å². The number of hydrogen-bond donors (Lipinski definition) is 1. The van der Waals surface area contributed by atoms with Crippen LogP contribution < -0.4 is 4.74 Å². The maximum Gasteiger partial charge on any atom is 0.573 e. The van der Waals surface area contributed by atoms with Crippen molar-refractivity contribution < 1.29 is 36.4 Å². The largest absolute Gasteiger partial charge is 0.573 e. The standard InChI is InChI=1S/C26H39F3N2O5S/c1-19(32)14-30-12-4-7-24(31-16-34-18-37(2,33)17-31)25(30)15-35-22-10-8-20(9-11-22)21-5-3-6-23(13-21)36-26(27,28)29/h3,5-6,13,20,22,24-25,37H,4,7-12,14-18H2,1-2H3/t20-,22+,24?,25-/m0/s1. The second kappa shape index (κ2) is 12.1. The molecule has 1 unspecified atom stereocenters. The minimum Gasteiger partial charge on any atom is -0.406 e. The fourth-order valence-electron chi connectivity index (χ4n) is 6.01. The number of alkyl halides is 3. The van der Waals surface area contributed by atoms with Crippen molar-refractivity contribution in [2.24, 2.45) is 0 Å². The van der Waals surface area contributed by atoms with Crippen LogP contribution in [0.15, 0.2) is 24.3 Å². The molecule has 11 heteroatoms. The summed E-state index contributed by atoms with van der Waals surface area (Å²) in [5, 5.41) is 0.